The number of primary amides is 1. The molecule has 0 unspecified atom stereocenters. The van der Waals surface area contributed by atoms with Gasteiger partial charge >= 0.3 is 14.8 Å². The molecule has 0 aromatic carbocycles. The van der Waals surface area contributed by atoms with Crippen LogP contribution in [0.25, 0.3) is 0 Å². The predicted molar refractivity (Wildman–Crippen MR) is 81.5 cm³/mol. The Hall–Kier alpha value is -0.633. The number of carbonyl (C=O) groups is 1. The minimum absolute atomic E-state index is 0.337. The maximum Gasteiger partial charge on any atom is 0.500 e. The minimum atomic E-state index is -2.58. The molecular weight excluding hydrogens is 276 g/mol. The van der Waals surface area contributed by atoms with Crippen molar-refractivity contribution in [2.24, 2.45) is 5.73 Å². The van der Waals surface area contributed by atoms with Crippen molar-refractivity contribution in [3.05, 3.63) is 0 Å². The third-order valence-corrected chi connectivity index (χ3v) is 5.99. The average Bonchev–Trinajstić information content (AvgIpc) is 2.27. The fraction of sp³-hybridized carbons (Fsp3) is 0.923. The van der Waals surface area contributed by atoms with Gasteiger partial charge in [0.1, 0.15) is 0 Å². The highest BCUT2D eigenvalue weighted by Gasteiger charge is 2.40. The summed E-state index contributed by atoms with van der Waals surface area (Å²) in [4.78, 5) is 10.9. The van der Waals surface area contributed by atoms with E-state index >= 15 is 0 Å². The van der Waals surface area contributed by atoms with Crippen LogP contribution < -0.4 is 11.1 Å². The summed E-state index contributed by atoms with van der Waals surface area (Å²) in [6.07, 6.45) is 1.64. The molecule has 0 aliphatic heterocycles. The standard InChI is InChI=1S/C13H30N2O4Si/c1-6-17-20(18-7-2,19-8-3)11-9-10-13(4,5)15-12(14)16/h6-11H2,1-5H3,(H3,14,15,16). The van der Waals surface area contributed by atoms with Crippen LogP contribution in [0.2, 0.25) is 6.04 Å². The molecule has 0 spiro atoms. The molecule has 0 aromatic heterocycles. The molecule has 0 aliphatic carbocycles. The highest BCUT2D eigenvalue weighted by Crippen LogP contribution is 2.22. The Bertz CT molecular complexity index is 271. The van der Waals surface area contributed by atoms with E-state index in [2.05, 4.69) is 5.32 Å². The number of rotatable bonds is 11. The van der Waals surface area contributed by atoms with Crippen molar-refractivity contribution in [2.75, 3.05) is 19.8 Å². The zero-order valence-corrected chi connectivity index (χ0v) is 14.5. The summed E-state index contributed by atoms with van der Waals surface area (Å²) in [5.74, 6) is 0. The molecule has 0 heterocycles. The molecule has 0 saturated heterocycles. The molecule has 3 N–H and O–H groups in total. The van der Waals surface area contributed by atoms with E-state index in [0.717, 1.165) is 18.9 Å². The van der Waals surface area contributed by atoms with Crippen LogP contribution in [0.15, 0.2) is 0 Å². The lowest BCUT2D eigenvalue weighted by molar-refractivity contribution is 0.0703. The largest absolute Gasteiger partial charge is 0.500 e. The van der Waals surface area contributed by atoms with Crippen LogP contribution in [0.5, 0.6) is 0 Å². The van der Waals surface area contributed by atoms with Gasteiger partial charge in [0, 0.05) is 31.4 Å². The first kappa shape index (κ1) is 19.4. The smallest absolute Gasteiger partial charge is 0.374 e. The van der Waals surface area contributed by atoms with Crippen LogP contribution in [0.4, 0.5) is 4.79 Å². The summed E-state index contributed by atoms with van der Waals surface area (Å²) in [6, 6.07) is 0.241. The van der Waals surface area contributed by atoms with Crippen molar-refractivity contribution in [3.63, 3.8) is 0 Å². The number of amides is 2. The Morgan fingerprint density at radius 3 is 1.90 bits per heavy atom. The van der Waals surface area contributed by atoms with Gasteiger partial charge in [-0.2, -0.15) is 0 Å². The highest BCUT2D eigenvalue weighted by atomic mass is 28.4. The van der Waals surface area contributed by atoms with Gasteiger partial charge in [-0.05, 0) is 47.5 Å². The molecule has 0 rings (SSSR count). The average molecular weight is 306 g/mol. The summed E-state index contributed by atoms with van der Waals surface area (Å²) in [7, 11) is -2.58. The lowest BCUT2D eigenvalue weighted by atomic mass is 9.99. The van der Waals surface area contributed by atoms with Gasteiger partial charge in [0.25, 0.3) is 0 Å². The lowest BCUT2D eigenvalue weighted by Gasteiger charge is -2.30. The third kappa shape index (κ3) is 7.84. The van der Waals surface area contributed by atoms with Crippen molar-refractivity contribution in [1.82, 2.24) is 5.32 Å². The van der Waals surface area contributed by atoms with Crippen molar-refractivity contribution < 1.29 is 18.1 Å². The van der Waals surface area contributed by atoms with Gasteiger partial charge in [-0.25, -0.2) is 4.79 Å². The second kappa shape index (κ2) is 9.33. The van der Waals surface area contributed by atoms with Crippen molar-refractivity contribution in [2.45, 2.75) is 59.0 Å². The maximum atomic E-state index is 10.9. The normalized spacial score (nSPS) is 12.4. The molecule has 2 amide bonds. The number of carbonyl (C=O) groups excluding carboxylic acids is 1. The van der Waals surface area contributed by atoms with Crippen LogP contribution >= 0.6 is 0 Å². The Morgan fingerprint density at radius 1 is 1.10 bits per heavy atom. The second-order valence-electron chi connectivity index (χ2n) is 5.21. The van der Waals surface area contributed by atoms with Crippen molar-refractivity contribution in [1.29, 1.82) is 0 Å². The fourth-order valence-corrected chi connectivity index (χ4v) is 4.76. The van der Waals surface area contributed by atoms with Crippen LogP contribution in [0.3, 0.4) is 0 Å². The van der Waals surface area contributed by atoms with E-state index in [4.69, 9.17) is 19.0 Å². The summed E-state index contributed by atoms with van der Waals surface area (Å²) in [5.41, 5.74) is 4.83. The number of nitrogens with one attached hydrogen (secondary N) is 1. The zero-order chi connectivity index (χ0) is 15.6. The molecule has 0 bridgehead atoms. The summed E-state index contributed by atoms with van der Waals surface area (Å²) in [5, 5.41) is 2.73. The minimum Gasteiger partial charge on any atom is -0.374 e. The number of hydrogen-bond acceptors (Lipinski definition) is 4. The Balaban J connectivity index is 4.47. The van der Waals surface area contributed by atoms with Crippen LogP contribution in [0, 0.1) is 0 Å². The molecule has 20 heavy (non-hydrogen) atoms. The maximum absolute atomic E-state index is 10.9. The highest BCUT2D eigenvalue weighted by molar-refractivity contribution is 6.60. The zero-order valence-electron chi connectivity index (χ0n) is 13.5. The summed E-state index contributed by atoms with van der Waals surface area (Å²) in [6.45, 7) is 11.5. The molecule has 0 atom stereocenters. The first-order valence-corrected chi connectivity index (χ1v) is 9.23. The van der Waals surface area contributed by atoms with Crippen molar-refractivity contribution in [3.8, 4) is 0 Å². The van der Waals surface area contributed by atoms with Gasteiger partial charge in [-0.1, -0.05) is 0 Å². The van der Waals surface area contributed by atoms with E-state index in [1.807, 2.05) is 34.6 Å². The van der Waals surface area contributed by atoms with E-state index in [1.165, 1.54) is 0 Å². The van der Waals surface area contributed by atoms with Crippen LogP contribution in [-0.4, -0.2) is 40.2 Å². The second-order valence-corrected chi connectivity index (χ2v) is 7.94. The topological polar surface area (TPSA) is 82.8 Å². The monoisotopic (exact) mass is 306 g/mol. The van der Waals surface area contributed by atoms with Gasteiger partial charge in [0.05, 0.1) is 0 Å². The number of nitrogens with two attached hydrogens (primary N) is 1. The van der Waals surface area contributed by atoms with E-state index in [1.54, 1.807) is 0 Å². The molecule has 0 radical (unpaired) electrons. The number of urea groups is 1. The Kier molecular flexibility index (Phi) is 9.03. The van der Waals surface area contributed by atoms with Crippen LogP contribution in [-0.2, 0) is 13.3 Å². The van der Waals surface area contributed by atoms with E-state index in [0.29, 0.717) is 19.8 Å². The lowest BCUT2D eigenvalue weighted by Crippen LogP contribution is -2.48. The summed E-state index contributed by atoms with van der Waals surface area (Å²) >= 11 is 0. The van der Waals surface area contributed by atoms with Gasteiger partial charge < -0.3 is 24.3 Å². The van der Waals surface area contributed by atoms with E-state index in [9.17, 15) is 4.79 Å². The third-order valence-electron chi connectivity index (χ3n) is 2.84. The van der Waals surface area contributed by atoms with Gasteiger partial charge in [0.15, 0.2) is 0 Å². The first-order chi connectivity index (χ1) is 9.31. The molecule has 6 nitrogen and oxygen atoms in total. The fourth-order valence-electron chi connectivity index (χ4n) is 2.14. The predicted octanol–water partition coefficient (Wildman–Crippen LogP) is 2.26. The van der Waals surface area contributed by atoms with Gasteiger partial charge in [-0.3, -0.25) is 0 Å². The SMILES string of the molecule is CCO[Si](CCCC(C)(C)NC(N)=O)(OCC)OCC. The Labute approximate surface area is 123 Å². The molecule has 0 aromatic rings. The molecule has 0 saturated carbocycles. The first-order valence-electron chi connectivity index (χ1n) is 7.30. The quantitative estimate of drug-likeness (QED) is 0.574. The molecule has 120 valence electrons. The van der Waals surface area contributed by atoms with E-state index < -0.39 is 14.8 Å². The molecule has 7 heteroatoms. The van der Waals surface area contributed by atoms with E-state index in [-0.39, 0.29) is 5.54 Å². The Morgan fingerprint density at radius 2 is 1.55 bits per heavy atom. The number of hydrogen-bond donors (Lipinski definition) is 2. The summed E-state index contributed by atoms with van der Waals surface area (Å²) < 4.78 is 17.4. The molecular formula is C13H30N2O4Si. The van der Waals surface area contributed by atoms with Gasteiger partial charge in [0.2, 0.25) is 0 Å². The van der Waals surface area contributed by atoms with Crippen molar-refractivity contribution >= 4 is 14.8 Å². The van der Waals surface area contributed by atoms with Gasteiger partial charge in [-0.15, -0.1) is 0 Å². The van der Waals surface area contributed by atoms with Crippen LogP contribution in [0.1, 0.15) is 47.5 Å². The molecule has 0 aliphatic rings. The molecule has 0 fully saturated rings.